The van der Waals surface area contributed by atoms with Crippen molar-refractivity contribution in [3.8, 4) is 11.5 Å². The van der Waals surface area contributed by atoms with Gasteiger partial charge in [0.25, 0.3) is 0 Å². The average Bonchev–Trinajstić information content (AvgIpc) is 3.56. The van der Waals surface area contributed by atoms with Gasteiger partial charge in [0.15, 0.2) is 17.3 Å². The predicted octanol–water partition coefficient (Wildman–Crippen LogP) is 1.97. The molecule has 0 spiro atoms. The van der Waals surface area contributed by atoms with E-state index in [4.69, 9.17) is 14.2 Å². The van der Waals surface area contributed by atoms with E-state index in [9.17, 15) is 19.5 Å². The molecule has 1 saturated heterocycles. The topological polar surface area (TPSA) is 126 Å². The van der Waals surface area contributed by atoms with Gasteiger partial charge in [-0.15, -0.1) is 0 Å². The summed E-state index contributed by atoms with van der Waals surface area (Å²) in [4.78, 5) is 37.5. The molecule has 2 aromatic carbocycles. The van der Waals surface area contributed by atoms with Crippen LogP contribution in [0.1, 0.15) is 18.1 Å². The molecule has 1 aliphatic heterocycles. The van der Waals surface area contributed by atoms with E-state index in [0.29, 0.717) is 17.1 Å². The molecule has 33 heavy (non-hydrogen) atoms. The van der Waals surface area contributed by atoms with Gasteiger partial charge in [-0.25, -0.2) is 4.79 Å². The third-order valence-electron chi connectivity index (χ3n) is 5.52. The minimum Gasteiger partial charge on any atom is -0.493 e. The lowest BCUT2D eigenvalue weighted by Gasteiger charge is -2.23. The van der Waals surface area contributed by atoms with Gasteiger partial charge in [0.05, 0.1) is 26.9 Å². The number of benzene rings is 2. The summed E-state index contributed by atoms with van der Waals surface area (Å²) < 4.78 is 15.8. The van der Waals surface area contributed by atoms with Crippen LogP contribution in [0.15, 0.2) is 48.5 Å². The Balaban J connectivity index is 1.80. The first-order valence-electron chi connectivity index (χ1n) is 10.5. The molecule has 1 fully saturated rings. The van der Waals surface area contributed by atoms with Crippen LogP contribution in [-0.4, -0.2) is 61.4 Å². The number of amides is 2. The summed E-state index contributed by atoms with van der Waals surface area (Å²) in [5.41, 5.74) is 0.583. The summed E-state index contributed by atoms with van der Waals surface area (Å²) in [5, 5.41) is 14.3. The number of carboxylic acid groups (broad SMARTS) is 1. The van der Waals surface area contributed by atoms with Crippen LogP contribution in [0.2, 0.25) is 0 Å². The minimum absolute atomic E-state index is 0.0541. The molecule has 3 unspecified atom stereocenters. The summed E-state index contributed by atoms with van der Waals surface area (Å²) in [6.45, 7) is 1.96. The number of ether oxygens (including phenoxy) is 3. The normalized spacial score (nSPS) is 18.5. The van der Waals surface area contributed by atoms with Crippen LogP contribution in [0.3, 0.4) is 0 Å². The summed E-state index contributed by atoms with van der Waals surface area (Å²) >= 11 is 0. The second kappa shape index (κ2) is 10.4. The van der Waals surface area contributed by atoms with Crippen LogP contribution in [0, 0.1) is 0 Å². The third-order valence-corrected chi connectivity index (χ3v) is 5.52. The molecule has 1 aliphatic rings. The van der Waals surface area contributed by atoms with Gasteiger partial charge in [-0.05, 0) is 36.6 Å². The molecule has 9 nitrogen and oxygen atoms in total. The molecule has 2 amide bonds. The minimum atomic E-state index is -1.35. The summed E-state index contributed by atoms with van der Waals surface area (Å²) in [6.07, 6.45) is -1.03. The summed E-state index contributed by atoms with van der Waals surface area (Å²) in [6, 6.07) is 12.4. The van der Waals surface area contributed by atoms with Crippen molar-refractivity contribution >= 4 is 17.8 Å². The van der Waals surface area contributed by atoms with Gasteiger partial charge >= 0.3 is 6.09 Å². The van der Waals surface area contributed by atoms with Crippen molar-refractivity contribution in [2.45, 2.75) is 37.5 Å². The highest BCUT2D eigenvalue weighted by Gasteiger charge is 2.50. The Morgan fingerprint density at radius 1 is 0.970 bits per heavy atom. The number of hydrogen-bond acceptors (Lipinski definition) is 6. The van der Waals surface area contributed by atoms with Gasteiger partial charge in [-0.2, -0.15) is 0 Å². The maximum atomic E-state index is 13.1. The van der Waals surface area contributed by atoms with E-state index in [-0.39, 0.29) is 25.2 Å². The number of rotatable bonds is 11. The van der Waals surface area contributed by atoms with E-state index in [1.807, 2.05) is 30.3 Å². The van der Waals surface area contributed by atoms with Gasteiger partial charge in [-0.3, -0.25) is 9.59 Å². The number of carbonyl (C=O) groups excluding carboxylic acids is 2. The Morgan fingerprint density at radius 2 is 1.61 bits per heavy atom. The standard InChI is InChI=1S/C24H28N2O7/c1-24(14-33-24)21(27)17(11-15-7-5-4-6-8-15)25-22(28)18(26-23(29)30)12-16-9-10-19(31-2)20(13-16)32-3/h4-10,13,17-18,26H,11-12,14H2,1-3H3,(H,25,28)(H,29,30). The zero-order chi connectivity index (χ0) is 24.0. The Hall–Kier alpha value is -3.59. The lowest BCUT2D eigenvalue weighted by molar-refractivity contribution is -0.131. The van der Waals surface area contributed by atoms with E-state index in [1.54, 1.807) is 25.1 Å². The molecule has 0 aromatic heterocycles. The Kier molecular flexibility index (Phi) is 7.55. The number of carbonyl (C=O) groups is 3. The maximum absolute atomic E-state index is 13.1. The van der Waals surface area contributed by atoms with Crippen molar-refractivity contribution in [2.24, 2.45) is 0 Å². The predicted molar refractivity (Wildman–Crippen MR) is 120 cm³/mol. The number of Topliss-reactive ketones (excluding diaryl/α,β-unsaturated/α-hetero) is 1. The molecule has 0 aliphatic carbocycles. The van der Waals surface area contributed by atoms with Crippen LogP contribution >= 0.6 is 0 Å². The molecular formula is C24H28N2O7. The lowest BCUT2D eigenvalue weighted by Crippen LogP contribution is -2.54. The van der Waals surface area contributed by atoms with Crippen molar-refractivity contribution < 1.29 is 33.7 Å². The molecule has 0 bridgehead atoms. The molecule has 9 heteroatoms. The molecular weight excluding hydrogens is 428 g/mol. The Morgan fingerprint density at radius 3 is 2.18 bits per heavy atom. The van der Waals surface area contributed by atoms with Crippen LogP contribution in [0.4, 0.5) is 4.79 Å². The highest BCUT2D eigenvalue weighted by Crippen LogP contribution is 2.30. The van der Waals surface area contributed by atoms with Gasteiger partial charge in [0.2, 0.25) is 5.91 Å². The molecule has 0 radical (unpaired) electrons. The van der Waals surface area contributed by atoms with Crippen LogP contribution in [-0.2, 0) is 27.2 Å². The van der Waals surface area contributed by atoms with Crippen molar-refractivity contribution in [3.63, 3.8) is 0 Å². The third kappa shape index (κ3) is 6.23. The van der Waals surface area contributed by atoms with Gasteiger partial charge in [0, 0.05) is 6.42 Å². The van der Waals surface area contributed by atoms with Gasteiger partial charge in [0.1, 0.15) is 11.6 Å². The van der Waals surface area contributed by atoms with Crippen LogP contribution < -0.4 is 20.1 Å². The molecule has 0 saturated carbocycles. The van der Waals surface area contributed by atoms with Crippen molar-refractivity contribution in [3.05, 3.63) is 59.7 Å². The zero-order valence-corrected chi connectivity index (χ0v) is 18.8. The smallest absolute Gasteiger partial charge is 0.405 e. The molecule has 3 atom stereocenters. The first kappa shape index (κ1) is 24.1. The SMILES string of the molecule is COc1ccc(CC(NC(=O)O)C(=O)NC(Cc2ccccc2)C(=O)C2(C)CO2)cc1OC. The fourth-order valence-electron chi connectivity index (χ4n) is 3.55. The monoisotopic (exact) mass is 456 g/mol. The second-order valence-corrected chi connectivity index (χ2v) is 8.03. The van der Waals surface area contributed by atoms with E-state index in [0.717, 1.165) is 5.56 Å². The first-order chi connectivity index (χ1) is 15.8. The number of methoxy groups -OCH3 is 2. The van der Waals surface area contributed by atoms with E-state index >= 15 is 0 Å². The van der Waals surface area contributed by atoms with Crippen LogP contribution in [0.5, 0.6) is 11.5 Å². The van der Waals surface area contributed by atoms with Crippen molar-refractivity contribution in [1.82, 2.24) is 10.6 Å². The second-order valence-electron chi connectivity index (χ2n) is 8.03. The summed E-state index contributed by atoms with van der Waals surface area (Å²) in [5.74, 6) is 0.116. The molecule has 3 N–H and O–H groups in total. The van der Waals surface area contributed by atoms with Crippen molar-refractivity contribution in [1.29, 1.82) is 0 Å². The fraction of sp³-hybridized carbons (Fsp3) is 0.375. The number of nitrogens with one attached hydrogen (secondary N) is 2. The fourth-order valence-corrected chi connectivity index (χ4v) is 3.55. The maximum Gasteiger partial charge on any atom is 0.405 e. The molecule has 3 rings (SSSR count). The molecule has 1 heterocycles. The largest absolute Gasteiger partial charge is 0.493 e. The number of epoxide rings is 1. The quantitative estimate of drug-likeness (QED) is 0.441. The highest BCUT2D eigenvalue weighted by atomic mass is 16.6. The van der Waals surface area contributed by atoms with E-state index in [2.05, 4.69) is 10.6 Å². The number of ketones is 1. The zero-order valence-electron chi connectivity index (χ0n) is 18.8. The Bertz CT molecular complexity index is 1010. The summed E-state index contributed by atoms with van der Waals surface area (Å²) in [7, 11) is 3.00. The lowest BCUT2D eigenvalue weighted by atomic mass is 9.94. The van der Waals surface area contributed by atoms with E-state index in [1.165, 1.54) is 14.2 Å². The van der Waals surface area contributed by atoms with Crippen molar-refractivity contribution in [2.75, 3.05) is 20.8 Å². The van der Waals surface area contributed by atoms with Gasteiger partial charge < -0.3 is 30.0 Å². The van der Waals surface area contributed by atoms with E-state index < -0.39 is 29.7 Å². The average molecular weight is 456 g/mol. The first-order valence-corrected chi connectivity index (χ1v) is 10.5. The van der Waals surface area contributed by atoms with Gasteiger partial charge in [-0.1, -0.05) is 36.4 Å². The van der Waals surface area contributed by atoms with Crippen LogP contribution in [0.25, 0.3) is 0 Å². The highest BCUT2D eigenvalue weighted by molar-refractivity contribution is 5.97. The molecule has 176 valence electrons. The Labute approximate surface area is 192 Å². The molecule has 2 aromatic rings. The number of hydrogen-bond donors (Lipinski definition) is 3.